The van der Waals surface area contributed by atoms with E-state index in [0.29, 0.717) is 0 Å². The summed E-state index contributed by atoms with van der Waals surface area (Å²) in [6, 6.07) is 8.39. The highest BCUT2D eigenvalue weighted by atomic mass is 16.5. The Morgan fingerprint density at radius 3 is 3.06 bits per heavy atom. The minimum atomic E-state index is 0.838. The maximum Gasteiger partial charge on any atom is 0.142 e. The zero-order valence-electron chi connectivity index (χ0n) is 11.3. The molecule has 3 heteroatoms. The Bertz CT molecular complexity index is 354. The van der Waals surface area contributed by atoms with Crippen molar-refractivity contribution in [1.29, 1.82) is 0 Å². The first-order valence-corrected chi connectivity index (χ1v) is 7.09. The average molecular weight is 248 g/mol. The summed E-state index contributed by atoms with van der Waals surface area (Å²) in [5.74, 6) is 1.04. The van der Waals surface area contributed by atoms with Gasteiger partial charge in [0.2, 0.25) is 0 Å². The molecular weight excluding hydrogens is 224 g/mol. The maximum absolute atomic E-state index is 5.77. The largest absolute Gasteiger partial charge is 0.491 e. The molecule has 1 aromatic carbocycles. The number of para-hydroxylation sites is 2. The van der Waals surface area contributed by atoms with Crippen LogP contribution in [0.25, 0.3) is 0 Å². The van der Waals surface area contributed by atoms with E-state index >= 15 is 0 Å². The number of ether oxygens (including phenoxy) is 1. The molecule has 3 nitrogen and oxygen atoms in total. The molecule has 0 amide bonds. The molecule has 0 fully saturated rings. The summed E-state index contributed by atoms with van der Waals surface area (Å²) in [5, 5.41) is 3.37. The Hall–Kier alpha value is -1.22. The Labute approximate surface area is 110 Å². The van der Waals surface area contributed by atoms with Crippen molar-refractivity contribution in [3.63, 3.8) is 0 Å². The predicted octanol–water partition coefficient (Wildman–Crippen LogP) is 2.67. The highest BCUT2D eigenvalue weighted by Crippen LogP contribution is 2.30. The summed E-state index contributed by atoms with van der Waals surface area (Å²) in [5.41, 5.74) is 1.26. The van der Waals surface area contributed by atoms with Gasteiger partial charge in [-0.25, -0.2) is 0 Å². The van der Waals surface area contributed by atoms with Gasteiger partial charge in [-0.2, -0.15) is 0 Å². The van der Waals surface area contributed by atoms with Gasteiger partial charge in [-0.15, -0.1) is 0 Å². The molecule has 2 rings (SSSR count). The van der Waals surface area contributed by atoms with Gasteiger partial charge in [-0.3, -0.25) is 0 Å². The smallest absolute Gasteiger partial charge is 0.142 e. The average Bonchev–Trinajstić information content (AvgIpc) is 2.61. The standard InChI is InChI=1S/C15H24N2O/c1-2-16-10-5-6-11-17-12-7-13-18-15-9-4-3-8-14(15)17/h3-4,8-9,16H,2,5-7,10-13H2,1H3. The monoisotopic (exact) mass is 248 g/mol. The van der Waals surface area contributed by atoms with Crippen molar-refractivity contribution >= 4 is 5.69 Å². The fraction of sp³-hybridized carbons (Fsp3) is 0.600. The zero-order valence-corrected chi connectivity index (χ0v) is 11.3. The lowest BCUT2D eigenvalue weighted by Gasteiger charge is -2.23. The van der Waals surface area contributed by atoms with Crippen LogP contribution in [0, 0.1) is 0 Å². The molecular formula is C15H24N2O. The van der Waals surface area contributed by atoms with Crippen molar-refractivity contribution in [2.75, 3.05) is 37.7 Å². The summed E-state index contributed by atoms with van der Waals surface area (Å²) in [6.45, 7) is 7.43. The van der Waals surface area contributed by atoms with Gasteiger partial charge in [0.25, 0.3) is 0 Å². The molecule has 0 unspecified atom stereocenters. The van der Waals surface area contributed by atoms with Crippen LogP contribution in [0.5, 0.6) is 5.75 Å². The maximum atomic E-state index is 5.77. The number of anilines is 1. The number of nitrogens with one attached hydrogen (secondary N) is 1. The van der Waals surface area contributed by atoms with Crippen molar-refractivity contribution in [1.82, 2.24) is 5.32 Å². The summed E-state index contributed by atoms with van der Waals surface area (Å²) in [4.78, 5) is 2.47. The van der Waals surface area contributed by atoms with Crippen LogP contribution in [0.3, 0.4) is 0 Å². The highest BCUT2D eigenvalue weighted by molar-refractivity contribution is 5.58. The second-order valence-electron chi connectivity index (χ2n) is 4.72. The molecule has 1 aliphatic rings. The highest BCUT2D eigenvalue weighted by Gasteiger charge is 2.14. The molecule has 0 spiro atoms. The van der Waals surface area contributed by atoms with Crippen LogP contribution in [0.4, 0.5) is 5.69 Å². The van der Waals surface area contributed by atoms with Crippen LogP contribution in [-0.2, 0) is 0 Å². The third-order valence-corrected chi connectivity index (χ3v) is 3.32. The number of hydrogen-bond acceptors (Lipinski definition) is 3. The summed E-state index contributed by atoms with van der Waals surface area (Å²) in [7, 11) is 0. The van der Waals surface area contributed by atoms with Gasteiger partial charge in [0, 0.05) is 13.1 Å². The van der Waals surface area contributed by atoms with Crippen molar-refractivity contribution in [3.8, 4) is 5.75 Å². The van der Waals surface area contributed by atoms with Gasteiger partial charge in [-0.1, -0.05) is 19.1 Å². The first-order valence-electron chi connectivity index (χ1n) is 7.09. The number of rotatable bonds is 6. The Kier molecular flexibility index (Phi) is 5.34. The number of benzene rings is 1. The van der Waals surface area contributed by atoms with E-state index in [9.17, 15) is 0 Å². The molecule has 1 heterocycles. The van der Waals surface area contributed by atoms with E-state index < -0.39 is 0 Å². The summed E-state index contributed by atoms with van der Waals surface area (Å²) < 4.78 is 5.77. The fourth-order valence-electron chi connectivity index (χ4n) is 2.36. The molecule has 1 N–H and O–H groups in total. The molecule has 100 valence electrons. The molecule has 1 aliphatic heterocycles. The Morgan fingerprint density at radius 1 is 1.28 bits per heavy atom. The lowest BCUT2D eigenvalue weighted by Crippen LogP contribution is -2.26. The quantitative estimate of drug-likeness (QED) is 0.783. The van der Waals surface area contributed by atoms with Crippen molar-refractivity contribution in [3.05, 3.63) is 24.3 Å². The SMILES string of the molecule is CCNCCCCN1CCCOc2ccccc21. The number of fused-ring (bicyclic) bond motifs is 1. The minimum absolute atomic E-state index is 0.838. The minimum Gasteiger partial charge on any atom is -0.491 e. The van der Waals surface area contributed by atoms with Gasteiger partial charge < -0.3 is 15.0 Å². The molecule has 0 aliphatic carbocycles. The Balaban J connectivity index is 1.88. The van der Waals surface area contributed by atoms with E-state index in [-0.39, 0.29) is 0 Å². The van der Waals surface area contributed by atoms with E-state index in [1.807, 2.05) is 6.07 Å². The lowest BCUT2D eigenvalue weighted by molar-refractivity contribution is 0.322. The van der Waals surface area contributed by atoms with E-state index in [1.165, 1.54) is 18.5 Å². The molecule has 18 heavy (non-hydrogen) atoms. The van der Waals surface area contributed by atoms with E-state index in [2.05, 4.69) is 35.3 Å². The third kappa shape index (κ3) is 3.64. The van der Waals surface area contributed by atoms with Gasteiger partial charge in [-0.05, 0) is 44.5 Å². The number of nitrogens with zero attached hydrogens (tertiary/aromatic N) is 1. The zero-order chi connectivity index (χ0) is 12.6. The molecule has 0 saturated carbocycles. The van der Waals surface area contributed by atoms with E-state index in [1.54, 1.807) is 0 Å². The first-order chi connectivity index (χ1) is 8.92. The summed E-state index contributed by atoms with van der Waals surface area (Å²) in [6.07, 6.45) is 3.59. The third-order valence-electron chi connectivity index (χ3n) is 3.32. The molecule has 0 saturated heterocycles. The molecule has 1 aromatic rings. The molecule has 0 radical (unpaired) electrons. The fourth-order valence-corrected chi connectivity index (χ4v) is 2.36. The predicted molar refractivity (Wildman–Crippen MR) is 76.5 cm³/mol. The van der Waals surface area contributed by atoms with Crippen LogP contribution < -0.4 is 15.0 Å². The second-order valence-corrected chi connectivity index (χ2v) is 4.72. The summed E-state index contributed by atoms with van der Waals surface area (Å²) >= 11 is 0. The van der Waals surface area contributed by atoms with Gasteiger partial charge in [0.05, 0.1) is 12.3 Å². The number of unbranched alkanes of at least 4 members (excludes halogenated alkanes) is 1. The molecule has 0 aromatic heterocycles. The van der Waals surface area contributed by atoms with Gasteiger partial charge >= 0.3 is 0 Å². The van der Waals surface area contributed by atoms with Crippen LogP contribution in [0.2, 0.25) is 0 Å². The van der Waals surface area contributed by atoms with E-state index in [0.717, 1.165) is 45.0 Å². The normalized spacial score (nSPS) is 14.8. The van der Waals surface area contributed by atoms with Crippen LogP contribution in [-0.4, -0.2) is 32.8 Å². The van der Waals surface area contributed by atoms with Gasteiger partial charge in [0.15, 0.2) is 0 Å². The first kappa shape index (κ1) is 13.2. The van der Waals surface area contributed by atoms with Gasteiger partial charge in [0.1, 0.15) is 5.75 Å². The second kappa shape index (κ2) is 7.27. The van der Waals surface area contributed by atoms with Crippen LogP contribution >= 0.6 is 0 Å². The van der Waals surface area contributed by atoms with Crippen LogP contribution in [0.1, 0.15) is 26.2 Å². The molecule has 0 bridgehead atoms. The van der Waals surface area contributed by atoms with Crippen molar-refractivity contribution < 1.29 is 4.74 Å². The Morgan fingerprint density at radius 2 is 2.17 bits per heavy atom. The topological polar surface area (TPSA) is 24.5 Å². The van der Waals surface area contributed by atoms with Crippen molar-refractivity contribution in [2.45, 2.75) is 26.2 Å². The number of hydrogen-bond donors (Lipinski definition) is 1. The van der Waals surface area contributed by atoms with E-state index in [4.69, 9.17) is 4.74 Å². The molecule has 0 atom stereocenters. The van der Waals surface area contributed by atoms with Crippen LogP contribution in [0.15, 0.2) is 24.3 Å². The van der Waals surface area contributed by atoms with Crippen molar-refractivity contribution in [2.24, 2.45) is 0 Å². The lowest BCUT2D eigenvalue weighted by atomic mass is 10.2.